The van der Waals surface area contributed by atoms with Gasteiger partial charge < -0.3 is 0 Å². The van der Waals surface area contributed by atoms with E-state index in [-0.39, 0.29) is 5.41 Å². The Kier molecular flexibility index (Phi) is 2.51. The summed E-state index contributed by atoms with van der Waals surface area (Å²) in [5.74, 6) is 0. The third-order valence-corrected chi connectivity index (χ3v) is 3.00. The topological polar surface area (TPSA) is 25.8 Å². The Morgan fingerprint density at radius 3 is 2.40 bits per heavy atom. The van der Waals surface area contributed by atoms with Crippen molar-refractivity contribution in [2.45, 2.75) is 26.2 Å². The maximum atomic E-state index is 4.32. The van der Waals surface area contributed by atoms with Crippen LogP contribution in [0.1, 0.15) is 26.3 Å². The molecule has 2 aromatic rings. The van der Waals surface area contributed by atoms with Crippen molar-refractivity contribution in [1.82, 2.24) is 9.97 Å². The van der Waals surface area contributed by atoms with Crippen molar-refractivity contribution in [3.05, 3.63) is 34.6 Å². The zero-order valence-corrected chi connectivity index (χ0v) is 10.7. The Balaban J connectivity index is 2.73. The molecule has 0 amide bonds. The fourth-order valence-corrected chi connectivity index (χ4v) is 2.02. The van der Waals surface area contributed by atoms with Crippen molar-refractivity contribution in [3.63, 3.8) is 0 Å². The van der Waals surface area contributed by atoms with Crippen molar-refractivity contribution in [1.29, 1.82) is 0 Å². The first-order valence-electron chi connectivity index (χ1n) is 4.89. The van der Waals surface area contributed by atoms with Gasteiger partial charge in [0.25, 0.3) is 0 Å². The molecule has 0 unspecified atom stereocenters. The summed E-state index contributed by atoms with van der Waals surface area (Å²) < 4.78 is 1.01. The second-order valence-electron chi connectivity index (χ2n) is 4.63. The first-order chi connectivity index (χ1) is 6.98. The molecule has 1 aromatic carbocycles. The molecule has 0 saturated carbocycles. The Morgan fingerprint density at radius 1 is 1.07 bits per heavy atom. The molecule has 0 saturated heterocycles. The SMILES string of the molecule is CC(C)(C)c1cc(Br)c2nccnc2c1. The van der Waals surface area contributed by atoms with E-state index in [0.29, 0.717) is 0 Å². The number of halogens is 1. The van der Waals surface area contributed by atoms with E-state index in [0.717, 1.165) is 15.5 Å². The quantitative estimate of drug-likeness (QED) is 0.726. The molecule has 78 valence electrons. The van der Waals surface area contributed by atoms with Gasteiger partial charge in [-0.1, -0.05) is 20.8 Å². The van der Waals surface area contributed by atoms with Gasteiger partial charge in [-0.2, -0.15) is 0 Å². The Bertz CT molecular complexity index is 500. The number of benzene rings is 1. The van der Waals surface area contributed by atoms with Crippen molar-refractivity contribution in [2.75, 3.05) is 0 Å². The Labute approximate surface area is 97.9 Å². The van der Waals surface area contributed by atoms with Crippen molar-refractivity contribution in [2.24, 2.45) is 0 Å². The molecule has 0 aliphatic rings. The molecular formula is C12H13BrN2. The second kappa shape index (κ2) is 3.56. The molecule has 0 aliphatic heterocycles. The highest BCUT2D eigenvalue weighted by Gasteiger charge is 2.15. The number of hydrogen-bond donors (Lipinski definition) is 0. The fourth-order valence-electron chi connectivity index (χ4n) is 1.47. The van der Waals surface area contributed by atoms with Gasteiger partial charge >= 0.3 is 0 Å². The number of aromatic nitrogens is 2. The zero-order valence-electron chi connectivity index (χ0n) is 9.08. The minimum Gasteiger partial charge on any atom is -0.253 e. The lowest BCUT2D eigenvalue weighted by Gasteiger charge is -2.19. The van der Waals surface area contributed by atoms with E-state index < -0.39 is 0 Å². The summed E-state index contributed by atoms with van der Waals surface area (Å²) in [6, 6.07) is 4.23. The maximum Gasteiger partial charge on any atom is 0.103 e. The van der Waals surface area contributed by atoms with Gasteiger partial charge in [0.2, 0.25) is 0 Å². The average Bonchev–Trinajstić information content (AvgIpc) is 2.16. The molecule has 2 rings (SSSR count). The number of hydrogen-bond acceptors (Lipinski definition) is 2. The molecule has 15 heavy (non-hydrogen) atoms. The van der Waals surface area contributed by atoms with E-state index in [1.165, 1.54) is 5.56 Å². The zero-order chi connectivity index (χ0) is 11.1. The number of fused-ring (bicyclic) bond motifs is 1. The molecule has 0 N–H and O–H groups in total. The van der Waals surface area contributed by atoms with E-state index in [2.05, 4.69) is 58.8 Å². The van der Waals surface area contributed by atoms with Crippen molar-refractivity contribution in [3.8, 4) is 0 Å². The minimum atomic E-state index is 0.133. The van der Waals surface area contributed by atoms with E-state index in [4.69, 9.17) is 0 Å². The average molecular weight is 265 g/mol. The standard InChI is InChI=1S/C12H13BrN2/c1-12(2,3)8-6-9(13)11-10(7-8)14-4-5-15-11/h4-7H,1-3H3. The normalized spacial score (nSPS) is 12.0. The lowest BCUT2D eigenvalue weighted by atomic mass is 9.87. The van der Waals surface area contributed by atoms with Crippen LogP contribution >= 0.6 is 15.9 Å². The first kappa shape index (κ1) is 10.6. The largest absolute Gasteiger partial charge is 0.253 e. The van der Waals surface area contributed by atoms with Gasteiger partial charge in [0, 0.05) is 16.9 Å². The van der Waals surface area contributed by atoms with Crippen LogP contribution in [-0.4, -0.2) is 9.97 Å². The molecule has 1 heterocycles. The highest BCUT2D eigenvalue weighted by atomic mass is 79.9. The molecule has 0 aliphatic carbocycles. The lowest BCUT2D eigenvalue weighted by molar-refractivity contribution is 0.590. The van der Waals surface area contributed by atoms with Gasteiger partial charge in [-0.15, -0.1) is 0 Å². The molecule has 2 nitrogen and oxygen atoms in total. The summed E-state index contributed by atoms with van der Waals surface area (Å²) in [6.45, 7) is 6.57. The summed E-state index contributed by atoms with van der Waals surface area (Å²) in [6.07, 6.45) is 3.44. The summed E-state index contributed by atoms with van der Waals surface area (Å²) in [5, 5.41) is 0. The molecular weight excluding hydrogens is 252 g/mol. The predicted octanol–water partition coefficient (Wildman–Crippen LogP) is 3.69. The van der Waals surface area contributed by atoms with Gasteiger partial charge in [-0.05, 0) is 39.0 Å². The number of rotatable bonds is 0. The van der Waals surface area contributed by atoms with Crippen molar-refractivity contribution >= 4 is 27.0 Å². The summed E-state index contributed by atoms with van der Waals surface area (Å²) >= 11 is 3.54. The first-order valence-corrected chi connectivity index (χ1v) is 5.68. The Hall–Kier alpha value is -0.960. The second-order valence-corrected chi connectivity index (χ2v) is 5.49. The number of nitrogens with zero attached hydrogens (tertiary/aromatic N) is 2. The van der Waals surface area contributed by atoms with E-state index in [9.17, 15) is 0 Å². The van der Waals surface area contributed by atoms with Gasteiger partial charge in [0.15, 0.2) is 0 Å². The monoisotopic (exact) mass is 264 g/mol. The minimum absolute atomic E-state index is 0.133. The van der Waals surface area contributed by atoms with Gasteiger partial charge in [-0.3, -0.25) is 9.97 Å². The van der Waals surface area contributed by atoms with Crippen LogP contribution in [0.5, 0.6) is 0 Å². The summed E-state index contributed by atoms with van der Waals surface area (Å²) in [7, 11) is 0. The predicted molar refractivity (Wildman–Crippen MR) is 65.9 cm³/mol. The highest BCUT2D eigenvalue weighted by Crippen LogP contribution is 2.29. The van der Waals surface area contributed by atoms with Crippen LogP contribution < -0.4 is 0 Å². The van der Waals surface area contributed by atoms with Crippen LogP contribution in [0.4, 0.5) is 0 Å². The fraction of sp³-hybridized carbons (Fsp3) is 0.333. The third-order valence-electron chi connectivity index (χ3n) is 2.39. The van der Waals surface area contributed by atoms with Crippen LogP contribution in [-0.2, 0) is 5.41 Å². The van der Waals surface area contributed by atoms with Crippen LogP contribution in [0.25, 0.3) is 11.0 Å². The van der Waals surface area contributed by atoms with Crippen LogP contribution in [0.15, 0.2) is 29.0 Å². The lowest BCUT2D eigenvalue weighted by Crippen LogP contribution is -2.11. The Morgan fingerprint density at radius 2 is 1.73 bits per heavy atom. The molecule has 0 radical (unpaired) electrons. The third kappa shape index (κ3) is 2.02. The summed E-state index contributed by atoms with van der Waals surface area (Å²) in [5.41, 5.74) is 3.26. The van der Waals surface area contributed by atoms with E-state index in [1.807, 2.05) is 0 Å². The molecule has 0 bridgehead atoms. The molecule has 0 atom stereocenters. The van der Waals surface area contributed by atoms with Gasteiger partial charge in [0.1, 0.15) is 5.52 Å². The molecule has 0 fully saturated rings. The van der Waals surface area contributed by atoms with E-state index in [1.54, 1.807) is 12.4 Å². The molecule has 1 aromatic heterocycles. The van der Waals surface area contributed by atoms with Crippen LogP contribution in [0, 0.1) is 0 Å². The van der Waals surface area contributed by atoms with Gasteiger partial charge in [-0.25, -0.2) is 0 Å². The van der Waals surface area contributed by atoms with Crippen LogP contribution in [0.3, 0.4) is 0 Å². The molecule has 0 spiro atoms. The van der Waals surface area contributed by atoms with E-state index >= 15 is 0 Å². The maximum absolute atomic E-state index is 4.32. The van der Waals surface area contributed by atoms with Crippen molar-refractivity contribution < 1.29 is 0 Å². The smallest absolute Gasteiger partial charge is 0.103 e. The molecule has 3 heteroatoms. The van der Waals surface area contributed by atoms with Crippen LogP contribution in [0.2, 0.25) is 0 Å². The highest BCUT2D eigenvalue weighted by molar-refractivity contribution is 9.10. The summed E-state index contributed by atoms with van der Waals surface area (Å²) in [4.78, 5) is 8.62. The van der Waals surface area contributed by atoms with Gasteiger partial charge in [0.05, 0.1) is 5.52 Å².